The first kappa shape index (κ1) is 33.8. The molecule has 38 heavy (non-hydrogen) atoms. The van der Waals surface area contributed by atoms with Crippen molar-refractivity contribution in [2.75, 3.05) is 13.1 Å². The van der Waals surface area contributed by atoms with E-state index in [1.54, 1.807) is 13.8 Å². The molecule has 216 valence electrons. The van der Waals surface area contributed by atoms with E-state index >= 15 is 0 Å². The second kappa shape index (κ2) is 17.3. The van der Waals surface area contributed by atoms with Crippen LogP contribution < -0.4 is 44.6 Å². The Morgan fingerprint density at radius 2 is 1.16 bits per heavy atom. The maximum atomic E-state index is 13.1. The van der Waals surface area contributed by atoms with Gasteiger partial charge in [-0.1, -0.05) is 13.8 Å². The summed E-state index contributed by atoms with van der Waals surface area (Å²) >= 11 is 0. The van der Waals surface area contributed by atoms with Crippen molar-refractivity contribution in [1.82, 2.24) is 16.0 Å². The fraction of sp³-hybridized carbons (Fsp3) is 0.667. The van der Waals surface area contributed by atoms with Gasteiger partial charge in [0.25, 0.3) is 0 Å². The van der Waals surface area contributed by atoms with Gasteiger partial charge in [-0.2, -0.15) is 0 Å². The Morgan fingerprint density at radius 1 is 0.737 bits per heavy atom. The number of amides is 3. The van der Waals surface area contributed by atoms with Gasteiger partial charge in [0.15, 0.2) is 11.9 Å². The van der Waals surface area contributed by atoms with Crippen LogP contribution in [0.5, 0.6) is 0 Å². The maximum Gasteiger partial charge on any atom is 0.326 e. The minimum absolute atomic E-state index is 0.0141. The lowest BCUT2D eigenvalue weighted by Crippen LogP contribution is -2.57. The fourth-order valence-corrected chi connectivity index (χ4v) is 3.14. The Kier molecular flexibility index (Phi) is 15.4. The molecule has 0 aliphatic carbocycles. The number of carboxylic acids is 2. The molecule has 15 N–H and O–H groups in total. The first-order valence-electron chi connectivity index (χ1n) is 11.9. The van der Waals surface area contributed by atoms with Crippen molar-refractivity contribution in [3.63, 3.8) is 0 Å². The second-order valence-electron chi connectivity index (χ2n) is 8.79. The van der Waals surface area contributed by atoms with Crippen LogP contribution in [0.25, 0.3) is 0 Å². The molecule has 0 aromatic carbocycles. The summed E-state index contributed by atoms with van der Waals surface area (Å²) in [6.07, 6.45) is -0.136. The van der Waals surface area contributed by atoms with Gasteiger partial charge in [0.1, 0.15) is 18.1 Å². The molecule has 3 amide bonds. The molecule has 17 nitrogen and oxygen atoms in total. The lowest BCUT2D eigenvalue weighted by atomic mass is 10.0. The van der Waals surface area contributed by atoms with Crippen molar-refractivity contribution in [2.45, 2.75) is 70.1 Å². The van der Waals surface area contributed by atoms with Gasteiger partial charge in [0, 0.05) is 13.1 Å². The number of rotatable bonds is 18. The van der Waals surface area contributed by atoms with E-state index in [1.807, 2.05) is 0 Å². The summed E-state index contributed by atoms with van der Waals surface area (Å²) in [7, 11) is 0. The highest BCUT2D eigenvalue weighted by atomic mass is 16.4. The molecule has 0 aromatic heterocycles. The van der Waals surface area contributed by atoms with Crippen LogP contribution in [-0.4, -0.2) is 89.0 Å². The Balaban J connectivity index is 5.75. The number of hydrogen-bond acceptors (Lipinski definition) is 8. The number of guanidine groups is 2. The molecule has 4 atom stereocenters. The van der Waals surface area contributed by atoms with E-state index in [4.69, 9.17) is 33.8 Å². The van der Waals surface area contributed by atoms with Gasteiger partial charge in [-0.05, 0) is 31.6 Å². The van der Waals surface area contributed by atoms with Crippen LogP contribution in [0.4, 0.5) is 0 Å². The third-order valence-corrected chi connectivity index (χ3v) is 5.12. The average Bonchev–Trinajstić information content (AvgIpc) is 2.79. The number of carboxylic acid groups (broad SMARTS) is 2. The van der Waals surface area contributed by atoms with E-state index in [-0.39, 0.29) is 50.7 Å². The van der Waals surface area contributed by atoms with Crippen LogP contribution in [0.15, 0.2) is 9.98 Å². The summed E-state index contributed by atoms with van der Waals surface area (Å²) in [5.41, 5.74) is 26.8. The third kappa shape index (κ3) is 14.4. The molecule has 17 heteroatoms. The smallest absolute Gasteiger partial charge is 0.326 e. The number of carbonyl (C=O) groups is 5. The van der Waals surface area contributed by atoms with Gasteiger partial charge in [-0.25, -0.2) is 4.79 Å². The monoisotopic (exact) mass is 544 g/mol. The predicted octanol–water partition coefficient (Wildman–Crippen LogP) is -3.91. The zero-order valence-electron chi connectivity index (χ0n) is 21.6. The molecule has 0 aliphatic heterocycles. The van der Waals surface area contributed by atoms with Gasteiger partial charge < -0.3 is 54.8 Å². The Hall–Kier alpha value is -4.15. The highest BCUT2D eigenvalue weighted by molar-refractivity contribution is 5.94. The zero-order chi connectivity index (χ0) is 29.4. The molecule has 4 unspecified atom stereocenters. The van der Waals surface area contributed by atoms with Crippen molar-refractivity contribution in [3.05, 3.63) is 0 Å². The second-order valence-corrected chi connectivity index (χ2v) is 8.79. The lowest BCUT2D eigenvalue weighted by molar-refractivity contribution is -0.143. The first-order chi connectivity index (χ1) is 17.6. The number of aliphatic carboxylic acids is 2. The van der Waals surface area contributed by atoms with Gasteiger partial charge in [-0.3, -0.25) is 29.2 Å². The quantitative estimate of drug-likeness (QED) is 0.0449. The lowest BCUT2D eigenvalue weighted by Gasteiger charge is -2.26. The van der Waals surface area contributed by atoms with Crippen molar-refractivity contribution in [2.24, 2.45) is 44.6 Å². The van der Waals surface area contributed by atoms with Crippen molar-refractivity contribution >= 4 is 41.6 Å². The van der Waals surface area contributed by atoms with Gasteiger partial charge in [0.05, 0.1) is 12.5 Å². The zero-order valence-corrected chi connectivity index (χ0v) is 21.6. The minimum atomic E-state index is -1.43. The Labute approximate surface area is 220 Å². The number of nitrogens with one attached hydrogen (secondary N) is 3. The normalized spacial score (nSPS) is 13.8. The SMILES string of the molecule is CC(C)C(NC(=O)C(CCCN=C(N)N)NC(=O)C(CCCN=C(N)N)NC(=O)C(N)CC(=O)O)C(=O)O. The molecule has 0 aliphatic rings. The van der Waals surface area contributed by atoms with Crippen LogP contribution >= 0.6 is 0 Å². The molecule has 0 radical (unpaired) electrons. The van der Waals surface area contributed by atoms with E-state index in [0.29, 0.717) is 0 Å². The molecular weight excluding hydrogens is 504 g/mol. The largest absolute Gasteiger partial charge is 0.481 e. The van der Waals surface area contributed by atoms with Crippen molar-refractivity contribution in [1.29, 1.82) is 0 Å². The molecule has 0 spiro atoms. The van der Waals surface area contributed by atoms with Crippen molar-refractivity contribution in [3.8, 4) is 0 Å². The van der Waals surface area contributed by atoms with Crippen LogP contribution in [0, 0.1) is 5.92 Å². The van der Waals surface area contributed by atoms with E-state index in [0.717, 1.165) is 0 Å². The minimum Gasteiger partial charge on any atom is -0.481 e. The molecule has 0 aromatic rings. The summed E-state index contributed by atoms with van der Waals surface area (Å²) in [6.45, 7) is 3.47. The average molecular weight is 545 g/mol. The van der Waals surface area contributed by atoms with Crippen LogP contribution in [0.1, 0.15) is 46.0 Å². The Bertz CT molecular complexity index is 886. The number of nitrogens with two attached hydrogens (primary N) is 5. The van der Waals surface area contributed by atoms with Gasteiger partial charge in [-0.15, -0.1) is 0 Å². The molecular formula is C21H40N10O7. The number of aliphatic imine (C=N–C) groups is 2. The molecule has 0 fully saturated rings. The fourth-order valence-electron chi connectivity index (χ4n) is 3.14. The van der Waals surface area contributed by atoms with Crippen LogP contribution in [0.3, 0.4) is 0 Å². The molecule has 0 saturated carbocycles. The number of carbonyl (C=O) groups excluding carboxylic acids is 3. The standard InChI is InChI=1S/C21H40N10O7/c1-10(2)15(19(37)38)31-18(36)13(6-4-8-28-21(25)26)30-17(35)12(5-3-7-27-20(23)24)29-16(34)11(22)9-14(32)33/h10-13,15H,3-9,22H2,1-2H3,(H,29,34)(H,30,35)(H,31,36)(H,32,33)(H,37,38)(H4,23,24,27)(H4,25,26,28). The topological polar surface area (TPSA) is 317 Å². The van der Waals surface area contributed by atoms with Crippen molar-refractivity contribution < 1.29 is 34.2 Å². The first-order valence-corrected chi connectivity index (χ1v) is 11.9. The summed E-state index contributed by atoms with van der Waals surface area (Å²) in [5, 5.41) is 25.6. The summed E-state index contributed by atoms with van der Waals surface area (Å²) in [5.74, 6) is -5.80. The van der Waals surface area contributed by atoms with Gasteiger partial charge >= 0.3 is 11.9 Å². The van der Waals surface area contributed by atoms with E-state index < -0.39 is 66.2 Å². The van der Waals surface area contributed by atoms with E-state index in [1.165, 1.54) is 0 Å². The maximum absolute atomic E-state index is 13.1. The highest BCUT2D eigenvalue weighted by Crippen LogP contribution is 2.07. The Morgan fingerprint density at radius 3 is 1.53 bits per heavy atom. The summed E-state index contributed by atoms with van der Waals surface area (Å²) < 4.78 is 0. The summed E-state index contributed by atoms with van der Waals surface area (Å²) in [4.78, 5) is 68.5. The molecule has 0 bridgehead atoms. The van der Waals surface area contributed by atoms with Crippen LogP contribution in [0.2, 0.25) is 0 Å². The summed E-state index contributed by atoms with van der Waals surface area (Å²) in [6, 6.07) is -5.09. The van der Waals surface area contributed by atoms with Gasteiger partial charge in [0.2, 0.25) is 17.7 Å². The molecule has 0 rings (SSSR count). The van der Waals surface area contributed by atoms with E-state index in [2.05, 4.69) is 25.9 Å². The molecule has 0 heterocycles. The van der Waals surface area contributed by atoms with Crippen LogP contribution in [-0.2, 0) is 24.0 Å². The number of nitrogens with zero attached hydrogens (tertiary/aromatic N) is 2. The molecule has 0 saturated heterocycles. The highest BCUT2D eigenvalue weighted by Gasteiger charge is 2.31. The third-order valence-electron chi connectivity index (χ3n) is 5.12. The number of hydrogen-bond donors (Lipinski definition) is 10. The predicted molar refractivity (Wildman–Crippen MR) is 138 cm³/mol. The van der Waals surface area contributed by atoms with E-state index in [9.17, 15) is 29.1 Å².